The molecule has 0 atom stereocenters. The van der Waals surface area contributed by atoms with Crippen molar-refractivity contribution in [1.29, 1.82) is 0 Å². The molecule has 6 heteroatoms. The number of H-pyrrole nitrogens is 1. The summed E-state index contributed by atoms with van der Waals surface area (Å²) in [5, 5.41) is 3.75. The van der Waals surface area contributed by atoms with E-state index < -0.39 is 0 Å². The SMILES string of the molecule is COc1cc2cc(CCC(=O)NCCc3cccc(C)c3)c(=O)[nH]c2cc1OC. The summed E-state index contributed by atoms with van der Waals surface area (Å²) < 4.78 is 10.6. The molecular weight excluding hydrogens is 368 g/mol. The molecule has 0 aliphatic rings. The molecule has 29 heavy (non-hydrogen) atoms. The van der Waals surface area contributed by atoms with E-state index >= 15 is 0 Å². The number of methoxy groups -OCH3 is 2. The number of carbonyl (C=O) groups excluding carboxylic acids is 1. The molecule has 0 unspecified atom stereocenters. The lowest BCUT2D eigenvalue weighted by atomic mass is 10.1. The Morgan fingerprint density at radius 1 is 1.03 bits per heavy atom. The molecule has 0 fully saturated rings. The molecule has 2 N–H and O–H groups in total. The minimum absolute atomic E-state index is 0.0653. The summed E-state index contributed by atoms with van der Waals surface area (Å²) in [7, 11) is 3.12. The molecule has 0 aliphatic carbocycles. The fraction of sp³-hybridized carbons (Fsp3) is 0.304. The van der Waals surface area contributed by atoms with E-state index in [2.05, 4.69) is 35.4 Å². The Morgan fingerprint density at radius 3 is 2.52 bits per heavy atom. The van der Waals surface area contributed by atoms with Gasteiger partial charge in [-0.3, -0.25) is 9.59 Å². The third kappa shape index (κ3) is 5.16. The van der Waals surface area contributed by atoms with E-state index in [-0.39, 0.29) is 17.9 Å². The average Bonchev–Trinajstić information content (AvgIpc) is 2.71. The van der Waals surface area contributed by atoms with E-state index in [9.17, 15) is 9.59 Å². The number of fused-ring (bicyclic) bond motifs is 1. The molecule has 1 amide bonds. The van der Waals surface area contributed by atoms with Crippen LogP contribution >= 0.6 is 0 Å². The second kappa shape index (κ2) is 9.28. The van der Waals surface area contributed by atoms with Gasteiger partial charge in [0.25, 0.3) is 5.56 Å². The van der Waals surface area contributed by atoms with Crippen LogP contribution in [0.15, 0.2) is 47.3 Å². The van der Waals surface area contributed by atoms with Gasteiger partial charge in [0.15, 0.2) is 11.5 Å². The number of aryl methyl sites for hydroxylation is 2. The minimum atomic E-state index is -0.197. The number of hydrogen-bond acceptors (Lipinski definition) is 4. The van der Waals surface area contributed by atoms with E-state index in [4.69, 9.17) is 9.47 Å². The number of aromatic nitrogens is 1. The van der Waals surface area contributed by atoms with Gasteiger partial charge < -0.3 is 19.8 Å². The van der Waals surface area contributed by atoms with Gasteiger partial charge in [0.05, 0.1) is 19.7 Å². The van der Waals surface area contributed by atoms with Gasteiger partial charge in [0, 0.05) is 30.0 Å². The zero-order valence-corrected chi connectivity index (χ0v) is 17.0. The quantitative estimate of drug-likeness (QED) is 0.615. The van der Waals surface area contributed by atoms with Crippen LogP contribution in [-0.2, 0) is 17.6 Å². The number of carbonyl (C=O) groups is 1. The van der Waals surface area contributed by atoms with Crippen LogP contribution in [0.4, 0.5) is 0 Å². The van der Waals surface area contributed by atoms with Crippen LogP contribution in [0.2, 0.25) is 0 Å². The second-order valence-corrected chi connectivity index (χ2v) is 7.01. The standard InChI is InChI=1S/C23H26N2O4/c1-15-5-4-6-16(11-15)9-10-24-22(26)8-7-17-12-18-13-20(28-2)21(29-3)14-19(18)25-23(17)27/h4-6,11-14H,7-10H2,1-3H3,(H,24,26)(H,25,27). The number of benzene rings is 2. The third-order valence-electron chi connectivity index (χ3n) is 4.87. The van der Waals surface area contributed by atoms with Crippen molar-refractivity contribution in [3.8, 4) is 11.5 Å². The Kier molecular flexibility index (Phi) is 6.54. The molecule has 1 heterocycles. The Balaban J connectivity index is 1.61. The van der Waals surface area contributed by atoms with Crippen molar-refractivity contribution in [2.24, 2.45) is 0 Å². The first-order chi connectivity index (χ1) is 14.0. The summed E-state index contributed by atoms with van der Waals surface area (Å²) in [6.07, 6.45) is 1.41. The largest absolute Gasteiger partial charge is 0.493 e. The van der Waals surface area contributed by atoms with Crippen LogP contribution in [-0.4, -0.2) is 31.7 Å². The van der Waals surface area contributed by atoms with E-state index in [0.29, 0.717) is 35.5 Å². The lowest BCUT2D eigenvalue weighted by Crippen LogP contribution is -2.26. The number of hydrogen-bond donors (Lipinski definition) is 2. The fourth-order valence-electron chi connectivity index (χ4n) is 3.31. The van der Waals surface area contributed by atoms with Crippen molar-refractivity contribution in [2.45, 2.75) is 26.2 Å². The second-order valence-electron chi connectivity index (χ2n) is 7.01. The molecular formula is C23H26N2O4. The molecule has 152 valence electrons. The van der Waals surface area contributed by atoms with Crippen LogP contribution in [0.1, 0.15) is 23.1 Å². The van der Waals surface area contributed by atoms with Crippen molar-refractivity contribution in [3.63, 3.8) is 0 Å². The number of rotatable bonds is 8. The smallest absolute Gasteiger partial charge is 0.251 e. The highest BCUT2D eigenvalue weighted by molar-refractivity contribution is 5.83. The van der Waals surface area contributed by atoms with Gasteiger partial charge in [-0.2, -0.15) is 0 Å². The van der Waals surface area contributed by atoms with Gasteiger partial charge in [-0.15, -0.1) is 0 Å². The molecule has 0 aliphatic heterocycles. The number of nitrogens with one attached hydrogen (secondary N) is 2. The normalized spacial score (nSPS) is 10.7. The molecule has 0 radical (unpaired) electrons. The van der Waals surface area contributed by atoms with Crippen molar-refractivity contribution in [1.82, 2.24) is 10.3 Å². The Morgan fingerprint density at radius 2 is 1.79 bits per heavy atom. The van der Waals surface area contributed by atoms with Gasteiger partial charge in [0.2, 0.25) is 5.91 Å². The van der Waals surface area contributed by atoms with Gasteiger partial charge in [0.1, 0.15) is 0 Å². The van der Waals surface area contributed by atoms with Crippen molar-refractivity contribution >= 4 is 16.8 Å². The van der Waals surface area contributed by atoms with Gasteiger partial charge in [-0.25, -0.2) is 0 Å². The van der Waals surface area contributed by atoms with Gasteiger partial charge >= 0.3 is 0 Å². The summed E-state index contributed by atoms with van der Waals surface area (Å²) in [5.74, 6) is 1.08. The Hall–Kier alpha value is -3.28. The summed E-state index contributed by atoms with van der Waals surface area (Å²) in [6.45, 7) is 2.63. The summed E-state index contributed by atoms with van der Waals surface area (Å²) in [4.78, 5) is 27.4. The molecule has 2 aromatic carbocycles. The summed E-state index contributed by atoms with van der Waals surface area (Å²) in [5.41, 5.74) is 3.44. The Labute approximate surface area is 169 Å². The first kappa shape index (κ1) is 20.5. The molecule has 0 saturated heterocycles. The van der Waals surface area contributed by atoms with Crippen LogP contribution in [0, 0.1) is 6.92 Å². The highest BCUT2D eigenvalue weighted by Gasteiger charge is 2.10. The van der Waals surface area contributed by atoms with Crippen molar-refractivity contribution in [2.75, 3.05) is 20.8 Å². The monoisotopic (exact) mass is 394 g/mol. The summed E-state index contributed by atoms with van der Waals surface area (Å²) in [6, 6.07) is 13.6. The van der Waals surface area contributed by atoms with Gasteiger partial charge in [-0.1, -0.05) is 29.8 Å². The van der Waals surface area contributed by atoms with Crippen LogP contribution < -0.4 is 20.3 Å². The lowest BCUT2D eigenvalue weighted by molar-refractivity contribution is -0.121. The maximum Gasteiger partial charge on any atom is 0.251 e. The van der Waals surface area contributed by atoms with Gasteiger partial charge in [-0.05, 0) is 37.5 Å². The first-order valence-electron chi connectivity index (χ1n) is 9.60. The van der Waals surface area contributed by atoms with E-state index in [1.54, 1.807) is 26.4 Å². The minimum Gasteiger partial charge on any atom is -0.493 e. The third-order valence-corrected chi connectivity index (χ3v) is 4.87. The average molecular weight is 394 g/mol. The zero-order chi connectivity index (χ0) is 20.8. The maximum atomic E-state index is 12.4. The fourth-order valence-corrected chi connectivity index (χ4v) is 3.31. The molecule has 0 spiro atoms. The zero-order valence-electron chi connectivity index (χ0n) is 17.0. The van der Waals surface area contributed by atoms with E-state index in [1.165, 1.54) is 11.1 Å². The van der Waals surface area contributed by atoms with E-state index in [1.807, 2.05) is 12.1 Å². The molecule has 1 aromatic heterocycles. The number of aromatic amines is 1. The molecule has 6 nitrogen and oxygen atoms in total. The Bertz CT molecular complexity index is 1070. The molecule has 0 saturated carbocycles. The predicted molar refractivity (Wildman–Crippen MR) is 114 cm³/mol. The number of ether oxygens (including phenoxy) is 2. The van der Waals surface area contributed by atoms with Crippen LogP contribution in [0.3, 0.4) is 0 Å². The maximum absolute atomic E-state index is 12.4. The number of amides is 1. The number of pyridine rings is 1. The first-order valence-corrected chi connectivity index (χ1v) is 9.60. The lowest BCUT2D eigenvalue weighted by Gasteiger charge is -2.10. The summed E-state index contributed by atoms with van der Waals surface area (Å²) >= 11 is 0. The topological polar surface area (TPSA) is 80.4 Å². The molecule has 0 bridgehead atoms. The van der Waals surface area contributed by atoms with Crippen LogP contribution in [0.25, 0.3) is 10.9 Å². The van der Waals surface area contributed by atoms with Crippen LogP contribution in [0.5, 0.6) is 11.5 Å². The molecule has 3 rings (SSSR count). The van der Waals surface area contributed by atoms with Crippen molar-refractivity contribution < 1.29 is 14.3 Å². The predicted octanol–water partition coefficient (Wildman–Crippen LogP) is 3.15. The highest BCUT2D eigenvalue weighted by Crippen LogP contribution is 2.31. The van der Waals surface area contributed by atoms with E-state index in [0.717, 1.165) is 11.8 Å². The molecule has 3 aromatic rings. The van der Waals surface area contributed by atoms with Crippen molar-refractivity contribution in [3.05, 3.63) is 69.5 Å². The highest BCUT2D eigenvalue weighted by atomic mass is 16.5.